The molecule has 1 heterocycles. The molecule has 0 atom stereocenters. The maximum absolute atomic E-state index is 16.0. The summed E-state index contributed by atoms with van der Waals surface area (Å²) in [7, 11) is -12.2. The van der Waals surface area contributed by atoms with Crippen molar-refractivity contribution in [3.05, 3.63) is 48.5 Å². The molecule has 0 bridgehead atoms. The predicted molar refractivity (Wildman–Crippen MR) is 93.7 cm³/mol. The number of halogens is 1. The van der Waals surface area contributed by atoms with Gasteiger partial charge in [0.1, 0.15) is 9.69 Å². The van der Waals surface area contributed by atoms with Crippen LogP contribution in [-0.2, 0) is 19.0 Å². The lowest BCUT2D eigenvalue weighted by molar-refractivity contribution is 0.608. The van der Waals surface area contributed by atoms with E-state index in [-0.39, 0.29) is 21.3 Å². The Labute approximate surface area is 136 Å². The van der Waals surface area contributed by atoms with Crippen molar-refractivity contribution in [1.29, 1.82) is 0 Å². The van der Waals surface area contributed by atoms with E-state index < -0.39 is 32.5 Å². The van der Waals surface area contributed by atoms with E-state index in [9.17, 15) is 16.8 Å². The van der Waals surface area contributed by atoms with Crippen LogP contribution in [0.25, 0.3) is 0 Å². The van der Waals surface area contributed by atoms with Crippen LogP contribution in [0.15, 0.2) is 48.5 Å². The SMILES string of the molecule is CS(=O)(=O)B1c2ccccc2[Si](F)(S(C)(=O)=O)c2ccccc21. The first-order chi connectivity index (χ1) is 10.6. The van der Waals surface area contributed by atoms with E-state index in [4.69, 9.17) is 0 Å². The molecule has 0 radical (unpaired) electrons. The molecular formula is C14H14BFO4S2Si. The van der Waals surface area contributed by atoms with Gasteiger partial charge < -0.3 is 0 Å². The predicted octanol–water partition coefficient (Wildman–Crippen LogP) is -1.28. The molecule has 2 aromatic carbocycles. The van der Waals surface area contributed by atoms with Gasteiger partial charge in [0, 0.05) is 12.5 Å². The van der Waals surface area contributed by atoms with Crippen molar-refractivity contribution in [3.63, 3.8) is 0 Å². The number of benzene rings is 2. The van der Waals surface area contributed by atoms with E-state index in [1.54, 1.807) is 24.3 Å². The van der Waals surface area contributed by atoms with Gasteiger partial charge in [-0.3, -0.25) is 4.11 Å². The van der Waals surface area contributed by atoms with Gasteiger partial charge in [-0.2, -0.15) is 0 Å². The molecule has 0 N–H and O–H groups in total. The zero-order chi connectivity index (χ0) is 17.0. The minimum Gasteiger partial charge on any atom is -0.281 e. The second-order valence-corrected chi connectivity index (χ2v) is 15.6. The smallest absolute Gasteiger partial charge is 0.281 e. The van der Waals surface area contributed by atoms with Gasteiger partial charge in [-0.15, -0.1) is 0 Å². The van der Waals surface area contributed by atoms with Gasteiger partial charge in [-0.1, -0.05) is 59.5 Å². The Morgan fingerprint density at radius 2 is 1.22 bits per heavy atom. The summed E-state index contributed by atoms with van der Waals surface area (Å²) in [5, 5.41) is 0.0215. The quantitative estimate of drug-likeness (QED) is 0.489. The number of fused-ring (bicyclic) bond motifs is 2. The summed E-state index contributed by atoms with van der Waals surface area (Å²) in [6.07, 6.45) is 1.96. The van der Waals surface area contributed by atoms with Gasteiger partial charge in [0.2, 0.25) is 0 Å². The highest BCUT2D eigenvalue weighted by Gasteiger charge is 2.58. The van der Waals surface area contributed by atoms with Crippen molar-refractivity contribution < 1.29 is 20.9 Å². The van der Waals surface area contributed by atoms with Crippen LogP contribution in [0, 0.1) is 0 Å². The Kier molecular flexibility index (Phi) is 3.58. The first-order valence-corrected chi connectivity index (χ1v) is 13.3. The maximum atomic E-state index is 16.0. The summed E-state index contributed by atoms with van der Waals surface area (Å²) in [5.41, 5.74) is 0.460. The van der Waals surface area contributed by atoms with Gasteiger partial charge in [-0.25, -0.2) is 16.8 Å². The Balaban J connectivity index is 2.53. The molecular weight excluding hydrogens is 354 g/mol. The summed E-state index contributed by atoms with van der Waals surface area (Å²) in [5.74, 6) is -1.05. The lowest BCUT2D eigenvalue weighted by atomic mass is 9.61. The van der Waals surface area contributed by atoms with Crippen LogP contribution in [0.1, 0.15) is 0 Å². The average molecular weight is 368 g/mol. The third-order valence-electron chi connectivity index (χ3n) is 4.12. The van der Waals surface area contributed by atoms with Gasteiger partial charge in [0.15, 0.2) is 9.29 Å². The van der Waals surface area contributed by atoms with Crippen molar-refractivity contribution in [3.8, 4) is 0 Å². The second-order valence-electron chi connectivity index (χ2n) is 5.75. The molecule has 0 fully saturated rings. The third kappa shape index (κ3) is 2.29. The Bertz CT molecular complexity index is 957. The van der Waals surface area contributed by atoms with Crippen LogP contribution in [0.2, 0.25) is 0 Å². The van der Waals surface area contributed by atoms with E-state index >= 15 is 4.11 Å². The van der Waals surface area contributed by atoms with Crippen LogP contribution < -0.4 is 21.3 Å². The Morgan fingerprint density at radius 1 is 0.826 bits per heavy atom. The first kappa shape index (κ1) is 16.4. The normalized spacial score (nSPS) is 16.6. The topological polar surface area (TPSA) is 68.3 Å². The van der Waals surface area contributed by atoms with Crippen molar-refractivity contribution in [2.75, 3.05) is 12.5 Å². The molecule has 1 aliphatic rings. The lowest BCUT2D eigenvalue weighted by Crippen LogP contribution is -2.78. The molecule has 1 aliphatic heterocycles. The monoisotopic (exact) mass is 368 g/mol. The highest BCUT2D eigenvalue weighted by molar-refractivity contribution is 8.25. The molecule has 0 aliphatic carbocycles. The van der Waals surface area contributed by atoms with Crippen molar-refractivity contribution in [1.82, 2.24) is 0 Å². The highest BCUT2D eigenvalue weighted by Crippen LogP contribution is 2.17. The minimum atomic E-state index is -4.59. The minimum absolute atomic E-state index is 0.0108. The van der Waals surface area contributed by atoms with Crippen molar-refractivity contribution in [2.24, 2.45) is 0 Å². The lowest BCUT2D eigenvalue weighted by Gasteiger charge is -2.32. The summed E-state index contributed by atoms with van der Waals surface area (Å²) < 4.78 is 65.3. The molecule has 3 rings (SSSR count). The van der Waals surface area contributed by atoms with Crippen LogP contribution in [0.5, 0.6) is 0 Å². The first-order valence-electron chi connectivity index (χ1n) is 6.84. The van der Waals surface area contributed by atoms with Gasteiger partial charge in [0.05, 0.1) is 0 Å². The molecule has 0 spiro atoms. The molecule has 0 saturated carbocycles. The fraction of sp³-hybridized carbons (Fsp3) is 0.143. The van der Waals surface area contributed by atoms with E-state index in [1.165, 1.54) is 24.3 Å². The summed E-state index contributed by atoms with van der Waals surface area (Å²) in [4.78, 5) is 0. The Hall–Kier alpha value is -1.45. The van der Waals surface area contributed by atoms with Gasteiger partial charge >= 0.3 is 13.5 Å². The zero-order valence-electron chi connectivity index (χ0n) is 12.5. The summed E-state index contributed by atoms with van der Waals surface area (Å²) >= 11 is 0. The maximum Gasteiger partial charge on any atom is 0.434 e. The molecule has 0 amide bonds. The van der Waals surface area contributed by atoms with E-state index in [2.05, 4.69) is 0 Å². The van der Waals surface area contributed by atoms with Gasteiger partial charge in [0.25, 0.3) is 0 Å². The van der Waals surface area contributed by atoms with E-state index in [0.717, 1.165) is 12.5 Å². The largest absolute Gasteiger partial charge is 0.434 e. The molecule has 0 aromatic heterocycles. The second kappa shape index (κ2) is 5.02. The fourth-order valence-corrected chi connectivity index (χ4v) is 11.2. The van der Waals surface area contributed by atoms with Crippen LogP contribution >= 0.6 is 0 Å². The molecule has 2 aromatic rings. The average Bonchev–Trinajstić information content (AvgIpc) is 2.45. The fourth-order valence-electron chi connectivity index (χ4n) is 3.21. The van der Waals surface area contributed by atoms with Crippen LogP contribution in [0.3, 0.4) is 0 Å². The summed E-state index contributed by atoms with van der Waals surface area (Å²) in [6, 6.07) is 12.1. The third-order valence-corrected chi connectivity index (χ3v) is 13.2. The number of hydrogen-bond acceptors (Lipinski definition) is 4. The molecule has 23 heavy (non-hydrogen) atoms. The van der Waals surface area contributed by atoms with Crippen LogP contribution in [-0.4, -0.2) is 42.9 Å². The molecule has 9 heteroatoms. The summed E-state index contributed by atoms with van der Waals surface area (Å²) in [6.45, 7) is 0. The molecule has 0 saturated heterocycles. The van der Waals surface area contributed by atoms with E-state index in [1.807, 2.05) is 0 Å². The number of rotatable bonds is 2. The number of hydrogen-bond donors (Lipinski definition) is 0. The Morgan fingerprint density at radius 3 is 1.57 bits per heavy atom. The van der Waals surface area contributed by atoms with E-state index in [0.29, 0.717) is 0 Å². The van der Waals surface area contributed by atoms with Gasteiger partial charge in [-0.05, 0) is 10.4 Å². The standard InChI is InChI=1S/C14H14BFO4S2Si/c1-21(17,18)15-11-7-3-5-9-13(11)23(16,22(2,19)20)14-10-6-4-8-12(14)15/h3-10H,1-2H3. The molecule has 120 valence electrons. The van der Waals surface area contributed by atoms with Crippen LogP contribution in [0.4, 0.5) is 4.11 Å². The zero-order valence-corrected chi connectivity index (χ0v) is 15.2. The highest BCUT2D eigenvalue weighted by atomic mass is 32.4. The molecule has 0 unspecified atom stereocenters. The van der Waals surface area contributed by atoms with Crippen molar-refractivity contribution in [2.45, 2.75) is 0 Å². The molecule has 4 nitrogen and oxygen atoms in total. The van der Waals surface area contributed by atoms with Crippen molar-refractivity contribution >= 4 is 53.8 Å².